The third kappa shape index (κ3) is 0.798. The number of cyclic esters (lactones) is 1. The summed E-state index contributed by atoms with van der Waals surface area (Å²) < 4.78 is 29.1. The molecule has 1 aliphatic rings. The van der Waals surface area contributed by atoms with E-state index in [9.17, 15) is 13.6 Å². The van der Waals surface area contributed by atoms with Crippen molar-refractivity contribution < 1.29 is 18.3 Å². The highest BCUT2D eigenvalue weighted by Gasteiger charge is 2.41. The van der Waals surface area contributed by atoms with Gasteiger partial charge in [0, 0.05) is 0 Å². The van der Waals surface area contributed by atoms with Gasteiger partial charge < -0.3 is 4.74 Å². The van der Waals surface area contributed by atoms with Crippen LogP contribution in [0, 0.1) is 0 Å². The number of halogens is 2. The van der Waals surface area contributed by atoms with E-state index < -0.39 is 23.2 Å². The predicted octanol–water partition coefficient (Wildman–Crippen LogP) is 1.47. The second-order valence-electron chi connectivity index (χ2n) is 2.53. The van der Waals surface area contributed by atoms with Crippen molar-refractivity contribution in [3.8, 4) is 0 Å². The molecule has 0 amide bonds. The zero-order chi connectivity index (χ0) is 7.94. The van der Waals surface area contributed by atoms with Crippen molar-refractivity contribution in [3.63, 3.8) is 0 Å². The largest absolute Gasteiger partial charge is 0.447 e. The minimum atomic E-state index is -1.42. The van der Waals surface area contributed by atoms with Gasteiger partial charge in [0.1, 0.15) is 0 Å². The molecule has 0 aromatic carbocycles. The Morgan fingerprint density at radius 3 is 2.00 bits per heavy atom. The zero-order valence-corrected chi connectivity index (χ0v) is 5.57. The van der Waals surface area contributed by atoms with Crippen LogP contribution >= 0.6 is 0 Å². The van der Waals surface area contributed by atoms with Crippen LogP contribution < -0.4 is 0 Å². The summed E-state index contributed by atoms with van der Waals surface area (Å²) >= 11 is 0. The van der Waals surface area contributed by atoms with E-state index in [1.165, 1.54) is 13.8 Å². The maximum Gasteiger partial charge on any atom is 0.371 e. The lowest BCUT2D eigenvalue weighted by molar-refractivity contribution is -0.146. The molecule has 56 valence electrons. The van der Waals surface area contributed by atoms with E-state index >= 15 is 0 Å². The second-order valence-corrected chi connectivity index (χ2v) is 2.53. The fraction of sp³-hybridized carbons (Fsp3) is 0.500. The van der Waals surface area contributed by atoms with Gasteiger partial charge in [0.15, 0.2) is 11.4 Å². The summed E-state index contributed by atoms with van der Waals surface area (Å²) in [5.74, 6) is -3.76. The monoisotopic (exact) mass is 148 g/mol. The van der Waals surface area contributed by atoms with Crippen molar-refractivity contribution in [1.29, 1.82) is 0 Å². The molecule has 0 spiro atoms. The van der Waals surface area contributed by atoms with E-state index in [2.05, 4.69) is 4.74 Å². The SMILES string of the molecule is CC1(C)OC(=O)C(F)=C1F. The lowest BCUT2D eigenvalue weighted by Gasteiger charge is -2.14. The normalized spacial score (nSPS) is 23.4. The number of esters is 1. The Kier molecular flexibility index (Phi) is 1.28. The summed E-state index contributed by atoms with van der Waals surface area (Å²) in [4.78, 5) is 10.3. The molecule has 0 aromatic rings. The van der Waals surface area contributed by atoms with Gasteiger partial charge in [0.2, 0.25) is 5.83 Å². The lowest BCUT2D eigenvalue weighted by Crippen LogP contribution is -2.21. The highest BCUT2D eigenvalue weighted by Crippen LogP contribution is 2.33. The number of hydrogen-bond acceptors (Lipinski definition) is 2. The van der Waals surface area contributed by atoms with Crippen LogP contribution in [0.3, 0.4) is 0 Å². The Hall–Kier alpha value is -0.930. The highest BCUT2D eigenvalue weighted by molar-refractivity contribution is 5.89. The van der Waals surface area contributed by atoms with E-state index in [4.69, 9.17) is 0 Å². The van der Waals surface area contributed by atoms with Gasteiger partial charge in [-0.15, -0.1) is 0 Å². The van der Waals surface area contributed by atoms with Crippen molar-refractivity contribution >= 4 is 5.97 Å². The molecule has 0 fully saturated rings. The molecule has 0 radical (unpaired) electrons. The fourth-order valence-electron chi connectivity index (χ4n) is 0.675. The summed E-state index contributed by atoms with van der Waals surface area (Å²) in [5.41, 5.74) is -1.42. The van der Waals surface area contributed by atoms with Crippen LogP contribution in [-0.2, 0) is 9.53 Å². The first-order chi connectivity index (χ1) is 4.45. The van der Waals surface area contributed by atoms with Gasteiger partial charge in [-0.3, -0.25) is 0 Å². The van der Waals surface area contributed by atoms with Crippen molar-refractivity contribution in [3.05, 3.63) is 11.7 Å². The van der Waals surface area contributed by atoms with E-state index in [1.54, 1.807) is 0 Å². The molecule has 0 aromatic heterocycles. The first-order valence-corrected chi connectivity index (χ1v) is 2.74. The average molecular weight is 148 g/mol. The Labute approximate surface area is 56.5 Å². The summed E-state index contributed by atoms with van der Waals surface area (Å²) in [6.45, 7) is 2.57. The molecule has 0 atom stereocenters. The van der Waals surface area contributed by atoms with Gasteiger partial charge in [0.05, 0.1) is 0 Å². The molecule has 0 saturated carbocycles. The summed E-state index contributed by atoms with van der Waals surface area (Å²) in [5, 5.41) is 0. The second kappa shape index (κ2) is 1.78. The molecular weight excluding hydrogens is 142 g/mol. The van der Waals surface area contributed by atoms with E-state index in [0.717, 1.165) is 0 Å². The number of carbonyl (C=O) groups is 1. The maximum atomic E-state index is 12.5. The predicted molar refractivity (Wildman–Crippen MR) is 29.4 cm³/mol. The first-order valence-electron chi connectivity index (χ1n) is 2.74. The molecule has 0 N–H and O–H groups in total. The van der Waals surface area contributed by atoms with Crippen LogP contribution in [-0.4, -0.2) is 11.6 Å². The quantitative estimate of drug-likeness (QED) is 0.486. The molecule has 1 heterocycles. The van der Waals surface area contributed by atoms with Gasteiger partial charge >= 0.3 is 5.97 Å². The van der Waals surface area contributed by atoms with Crippen LogP contribution in [0.5, 0.6) is 0 Å². The van der Waals surface area contributed by atoms with Crippen LogP contribution in [0.15, 0.2) is 11.7 Å². The number of rotatable bonds is 0. The third-order valence-corrected chi connectivity index (χ3v) is 1.25. The minimum Gasteiger partial charge on any atom is -0.447 e. The van der Waals surface area contributed by atoms with E-state index in [0.29, 0.717) is 0 Å². The zero-order valence-electron chi connectivity index (χ0n) is 5.57. The Bertz CT molecular complexity index is 218. The van der Waals surface area contributed by atoms with Gasteiger partial charge in [-0.25, -0.2) is 9.18 Å². The smallest absolute Gasteiger partial charge is 0.371 e. The van der Waals surface area contributed by atoms with Crippen molar-refractivity contribution in [2.75, 3.05) is 0 Å². The summed E-state index contributed by atoms with van der Waals surface area (Å²) in [6, 6.07) is 0. The molecule has 1 aliphatic heterocycles. The molecular formula is C6H6F2O2. The van der Waals surface area contributed by atoms with Gasteiger partial charge in [-0.2, -0.15) is 4.39 Å². The third-order valence-electron chi connectivity index (χ3n) is 1.25. The van der Waals surface area contributed by atoms with Gasteiger partial charge in [-0.1, -0.05) is 0 Å². The molecule has 4 heteroatoms. The van der Waals surface area contributed by atoms with Gasteiger partial charge in [0.25, 0.3) is 0 Å². The summed E-state index contributed by atoms with van der Waals surface area (Å²) in [7, 11) is 0. The van der Waals surface area contributed by atoms with Crippen LogP contribution in [0.1, 0.15) is 13.8 Å². The van der Waals surface area contributed by atoms with Crippen LogP contribution in [0.4, 0.5) is 8.78 Å². The molecule has 0 aliphatic carbocycles. The molecule has 1 rings (SSSR count). The Morgan fingerprint density at radius 2 is 1.90 bits per heavy atom. The standard InChI is InChI=1S/C6H6F2O2/c1-6(2)4(8)3(7)5(9)10-6/h1-2H3. The first kappa shape index (κ1) is 7.18. The number of carbonyl (C=O) groups excluding carboxylic acids is 1. The van der Waals surface area contributed by atoms with Crippen LogP contribution in [0.2, 0.25) is 0 Å². The van der Waals surface area contributed by atoms with Crippen LogP contribution in [0.25, 0.3) is 0 Å². The molecule has 0 saturated heterocycles. The lowest BCUT2D eigenvalue weighted by atomic mass is 10.1. The topological polar surface area (TPSA) is 26.3 Å². The highest BCUT2D eigenvalue weighted by atomic mass is 19.2. The fourth-order valence-corrected chi connectivity index (χ4v) is 0.675. The molecule has 2 nitrogen and oxygen atoms in total. The molecule has 0 bridgehead atoms. The Balaban J connectivity index is 3.06. The summed E-state index contributed by atoms with van der Waals surface area (Å²) in [6.07, 6.45) is 0. The molecule has 10 heavy (non-hydrogen) atoms. The van der Waals surface area contributed by atoms with Crippen molar-refractivity contribution in [2.45, 2.75) is 19.4 Å². The maximum absolute atomic E-state index is 12.5. The molecule has 0 unspecified atom stereocenters. The number of hydrogen-bond donors (Lipinski definition) is 0. The van der Waals surface area contributed by atoms with E-state index in [-0.39, 0.29) is 0 Å². The van der Waals surface area contributed by atoms with Gasteiger partial charge in [-0.05, 0) is 13.8 Å². The van der Waals surface area contributed by atoms with E-state index in [1.807, 2.05) is 0 Å². The average Bonchev–Trinajstić information content (AvgIpc) is 1.95. The van der Waals surface area contributed by atoms with Crippen molar-refractivity contribution in [1.82, 2.24) is 0 Å². The number of ether oxygens (including phenoxy) is 1. The van der Waals surface area contributed by atoms with Crippen molar-refractivity contribution in [2.24, 2.45) is 0 Å². The minimum absolute atomic E-state index is 1.13. The Morgan fingerprint density at radius 1 is 1.40 bits per heavy atom.